The van der Waals surface area contributed by atoms with Gasteiger partial charge in [-0.25, -0.2) is 4.98 Å². The predicted octanol–water partition coefficient (Wildman–Crippen LogP) is 1.62. The monoisotopic (exact) mass is 188 g/mol. The van der Waals surface area contributed by atoms with E-state index < -0.39 is 0 Å². The number of aryl methyl sites for hydroxylation is 3. The van der Waals surface area contributed by atoms with Gasteiger partial charge >= 0.3 is 0 Å². The molecule has 0 spiro atoms. The lowest BCUT2D eigenvalue weighted by molar-refractivity contribution is 0.994. The largest absolute Gasteiger partial charge is 0.269 e. The lowest BCUT2D eigenvalue weighted by Crippen LogP contribution is -2.17. The molecule has 3 heteroatoms. The molecule has 14 heavy (non-hydrogen) atoms. The molecule has 0 fully saturated rings. The summed E-state index contributed by atoms with van der Waals surface area (Å²) in [6.45, 7) is 5.71. The summed E-state index contributed by atoms with van der Waals surface area (Å²) in [7, 11) is 0. The highest BCUT2D eigenvalue weighted by Crippen LogP contribution is 2.06. The topological polar surface area (TPSA) is 34.4 Å². The molecule has 2 aromatic heterocycles. The zero-order chi connectivity index (χ0) is 10.3. The number of nitrogens with zero attached hydrogens (tertiary/aromatic N) is 2. The minimum Gasteiger partial charge on any atom is -0.269 e. The fraction of sp³-hybridized carbons (Fsp3) is 0.273. The highest BCUT2D eigenvalue weighted by atomic mass is 16.1. The molecule has 2 heterocycles. The summed E-state index contributed by atoms with van der Waals surface area (Å²) in [5.41, 5.74) is 3.48. The first-order valence-corrected chi connectivity index (χ1v) is 4.56. The minimum absolute atomic E-state index is 0.0121. The number of aromatic nitrogens is 2. The molecule has 0 saturated heterocycles. The van der Waals surface area contributed by atoms with Crippen molar-refractivity contribution in [1.82, 2.24) is 9.38 Å². The van der Waals surface area contributed by atoms with E-state index in [0.717, 1.165) is 22.5 Å². The van der Waals surface area contributed by atoms with Crippen molar-refractivity contribution in [2.45, 2.75) is 20.8 Å². The summed E-state index contributed by atoms with van der Waals surface area (Å²) in [5.74, 6) is 0. The Bertz CT molecular complexity index is 555. The van der Waals surface area contributed by atoms with Crippen LogP contribution in [0.15, 0.2) is 23.1 Å². The van der Waals surface area contributed by atoms with E-state index in [1.165, 1.54) is 0 Å². The van der Waals surface area contributed by atoms with E-state index >= 15 is 0 Å². The molecular formula is C11H12N2O. The lowest BCUT2D eigenvalue weighted by Gasteiger charge is -2.05. The Morgan fingerprint density at radius 2 is 1.93 bits per heavy atom. The van der Waals surface area contributed by atoms with E-state index in [1.807, 2.05) is 32.9 Å². The summed E-state index contributed by atoms with van der Waals surface area (Å²) in [6.07, 6.45) is 1.78. The van der Waals surface area contributed by atoms with Crippen LogP contribution in [0.3, 0.4) is 0 Å². The van der Waals surface area contributed by atoms with E-state index in [-0.39, 0.29) is 5.56 Å². The first kappa shape index (κ1) is 8.94. The van der Waals surface area contributed by atoms with E-state index in [4.69, 9.17) is 0 Å². The Morgan fingerprint density at radius 3 is 2.64 bits per heavy atom. The maximum absolute atomic E-state index is 11.7. The fourth-order valence-corrected chi connectivity index (χ4v) is 1.59. The van der Waals surface area contributed by atoms with Crippen LogP contribution in [0.4, 0.5) is 0 Å². The van der Waals surface area contributed by atoms with E-state index in [0.29, 0.717) is 0 Å². The third-order valence-electron chi connectivity index (χ3n) is 2.32. The normalized spacial score (nSPS) is 10.8. The lowest BCUT2D eigenvalue weighted by atomic mass is 10.2. The average molecular weight is 188 g/mol. The second-order valence-electron chi connectivity index (χ2n) is 3.58. The van der Waals surface area contributed by atoms with Gasteiger partial charge in [0.2, 0.25) is 0 Å². The molecule has 0 aliphatic carbocycles. The van der Waals surface area contributed by atoms with Crippen LogP contribution >= 0.6 is 0 Å². The van der Waals surface area contributed by atoms with Gasteiger partial charge in [0, 0.05) is 17.5 Å². The molecule has 2 rings (SSSR count). The van der Waals surface area contributed by atoms with Crippen molar-refractivity contribution in [3.63, 3.8) is 0 Å². The van der Waals surface area contributed by atoms with Crippen LogP contribution in [-0.4, -0.2) is 9.38 Å². The molecule has 0 aliphatic heterocycles. The first-order chi connectivity index (χ1) is 6.59. The van der Waals surface area contributed by atoms with Crippen LogP contribution in [-0.2, 0) is 0 Å². The summed E-state index contributed by atoms with van der Waals surface area (Å²) < 4.78 is 1.59. The van der Waals surface area contributed by atoms with Gasteiger partial charge in [0.05, 0.1) is 0 Å². The fourth-order valence-electron chi connectivity index (χ4n) is 1.59. The highest BCUT2D eigenvalue weighted by molar-refractivity contribution is 5.48. The maximum atomic E-state index is 11.7. The summed E-state index contributed by atoms with van der Waals surface area (Å²) in [6, 6.07) is 3.72. The number of hydrogen-bond acceptors (Lipinski definition) is 2. The van der Waals surface area contributed by atoms with Crippen molar-refractivity contribution in [1.29, 1.82) is 0 Å². The Balaban J connectivity index is 3.02. The number of hydrogen-bond donors (Lipinski definition) is 0. The van der Waals surface area contributed by atoms with Crippen molar-refractivity contribution < 1.29 is 0 Å². The quantitative estimate of drug-likeness (QED) is 0.629. The third-order valence-corrected chi connectivity index (χ3v) is 2.32. The summed E-state index contributed by atoms with van der Waals surface area (Å²) >= 11 is 0. The van der Waals surface area contributed by atoms with Crippen molar-refractivity contribution in [2.24, 2.45) is 0 Å². The van der Waals surface area contributed by atoms with Gasteiger partial charge in [-0.1, -0.05) is 0 Å². The van der Waals surface area contributed by atoms with E-state index in [2.05, 4.69) is 4.98 Å². The molecule has 0 amide bonds. The van der Waals surface area contributed by atoms with Crippen molar-refractivity contribution in [3.05, 3.63) is 45.5 Å². The summed E-state index contributed by atoms with van der Waals surface area (Å²) in [5, 5.41) is 0. The number of rotatable bonds is 0. The third kappa shape index (κ3) is 1.21. The molecule has 0 N–H and O–H groups in total. The Kier molecular flexibility index (Phi) is 1.88. The smallest absolute Gasteiger partial charge is 0.259 e. The molecule has 72 valence electrons. The van der Waals surface area contributed by atoms with Crippen molar-refractivity contribution >= 4 is 5.65 Å². The van der Waals surface area contributed by atoms with Gasteiger partial charge in [0.1, 0.15) is 5.65 Å². The van der Waals surface area contributed by atoms with Gasteiger partial charge in [0.25, 0.3) is 5.56 Å². The molecule has 0 bridgehead atoms. The van der Waals surface area contributed by atoms with Crippen LogP contribution in [0.25, 0.3) is 5.65 Å². The predicted molar refractivity (Wildman–Crippen MR) is 55.7 cm³/mol. The number of pyridine rings is 1. The van der Waals surface area contributed by atoms with Gasteiger partial charge in [0.15, 0.2) is 0 Å². The Hall–Kier alpha value is -1.64. The van der Waals surface area contributed by atoms with Crippen LogP contribution in [0.1, 0.15) is 16.8 Å². The SMILES string of the molecule is Cc1ccn2c(=O)c(C)cc(C)c2n1. The molecule has 0 atom stereocenters. The zero-order valence-electron chi connectivity index (χ0n) is 8.53. The second kappa shape index (κ2) is 2.94. The summed E-state index contributed by atoms with van der Waals surface area (Å²) in [4.78, 5) is 16.1. The van der Waals surface area contributed by atoms with Gasteiger partial charge < -0.3 is 0 Å². The molecule has 0 aromatic carbocycles. The zero-order valence-corrected chi connectivity index (χ0v) is 8.53. The van der Waals surface area contributed by atoms with Crippen LogP contribution in [0.2, 0.25) is 0 Å². The first-order valence-electron chi connectivity index (χ1n) is 4.56. The van der Waals surface area contributed by atoms with Gasteiger partial charge in [-0.3, -0.25) is 9.20 Å². The van der Waals surface area contributed by atoms with E-state index in [1.54, 1.807) is 10.6 Å². The highest BCUT2D eigenvalue weighted by Gasteiger charge is 2.03. The molecule has 0 unspecified atom stereocenters. The van der Waals surface area contributed by atoms with Gasteiger partial charge in [-0.2, -0.15) is 0 Å². The Labute approximate surface area is 82.0 Å². The molecule has 0 radical (unpaired) electrons. The van der Waals surface area contributed by atoms with Gasteiger partial charge in [-0.15, -0.1) is 0 Å². The molecule has 2 aromatic rings. The molecule has 0 aliphatic rings. The van der Waals surface area contributed by atoms with Gasteiger partial charge in [-0.05, 0) is 38.5 Å². The van der Waals surface area contributed by atoms with Crippen molar-refractivity contribution in [3.8, 4) is 0 Å². The maximum Gasteiger partial charge on any atom is 0.259 e. The average Bonchev–Trinajstić information content (AvgIpc) is 2.14. The van der Waals surface area contributed by atoms with Crippen LogP contribution in [0, 0.1) is 20.8 Å². The molecule has 0 saturated carbocycles. The standard InChI is InChI=1S/C11H12N2O/c1-7-6-8(2)11(14)13-5-4-9(3)12-10(7)13/h4-6H,1-3H3. The van der Waals surface area contributed by atoms with Crippen LogP contribution in [0.5, 0.6) is 0 Å². The molecular weight excluding hydrogens is 176 g/mol. The Morgan fingerprint density at radius 1 is 1.21 bits per heavy atom. The minimum atomic E-state index is 0.0121. The van der Waals surface area contributed by atoms with Crippen molar-refractivity contribution in [2.75, 3.05) is 0 Å². The molecule has 3 nitrogen and oxygen atoms in total. The van der Waals surface area contributed by atoms with Crippen LogP contribution < -0.4 is 5.56 Å². The second-order valence-corrected chi connectivity index (χ2v) is 3.58. The number of fused-ring (bicyclic) bond motifs is 1. The van der Waals surface area contributed by atoms with E-state index in [9.17, 15) is 4.79 Å².